The SMILES string of the molecule is CCc1nnc(CNC(=O)c2cc(S(N)(=O)=O)ccc2F)s1. The van der Waals surface area contributed by atoms with Gasteiger partial charge in [0.25, 0.3) is 5.91 Å². The molecule has 0 atom stereocenters. The van der Waals surface area contributed by atoms with Crippen LogP contribution in [0.1, 0.15) is 27.3 Å². The molecule has 0 radical (unpaired) electrons. The fourth-order valence-electron chi connectivity index (χ4n) is 1.61. The van der Waals surface area contributed by atoms with E-state index in [9.17, 15) is 17.6 Å². The summed E-state index contributed by atoms with van der Waals surface area (Å²) in [5, 5.41) is 16.6. The van der Waals surface area contributed by atoms with E-state index in [2.05, 4.69) is 15.5 Å². The number of nitrogens with two attached hydrogens (primary N) is 1. The minimum Gasteiger partial charge on any atom is -0.345 e. The molecule has 1 amide bonds. The summed E-state index contributed by atoms with van der Waals surface area (Å²) in [6.45, 7) is 2.01. The summed E-state index contributed by atoms with van der Waals surface area (Å²) >= 11 is 1.34. The fraction of sp³-hybridized carbons (Fsp3) is 0.250. The van der Waals surface area contributed by atoms with Crippen molar-refractivity contribution in [1.82, 2.24) is 15.5 Å². The summed E-state index contributed by atoms with van der Waals surface area (Å²) < 4.78 is 36.2. The van der Waals surface area contributed by atoms with Gasteiger partial charge in [0.05, 0.1) is 17.0 Å². The first-order valence-corrected chi connectivity index (χ1v) is 8.59. The average Bonchev–Trinajstić information content (AvgIpc) is 2.92. The molecular weight excluding hydrogens is 331 g/mol. The Labute approximate surface area is 130 Å². The van der Waals surface area contributed by atoms with E-state index in [1.165, 1.54) is 11.3 Å². The number of amides is 1. The van der Waals surface area contributed by atoms with E-state index in [0.29, 0.717) is 5.01 Å². The van der Waals surface area contributed by atoms with Gasteiger partial charge in [-0.05, 0) is 24.6 Å². The molecule has 0 fully saturated rings. The number of benzene rings is 1. The monoisotopic (exact) mass is 344 g/mol. The Morgan fingerprint density at radius 2 is 2.05 bits per heavy atom. The second-order valence-corrected chi connectivity index (χ2v) is 7.02. The van der Waals surface area contributed by atoms with Gasteiger partial charge < -0.3 is 5.32 Å². The zero-order valence-electron chi connectivity index (χ0n) is 11.5. The number of primary sulfonamides is 1. The molecule has 1 heterocycles. The minimum absolute atomic E-state index is 0.0789. The minimum atomic E-state index is -4.01. The van der Waals surface area contributed by atoms with Gasteiger partial charge in [-0.15, -0.1) is 10.2 Å². The molecule has 1 aromatic carbocycles. The number of carbonyl (C=O) groups is 1. The third-order valence-electron chi connectivity index (χ3n) is 2.72. The lowest BCUT2D eigenvalue weighted by Crippen LogP contribution is -2.24. The van der Waals surface area contributed by atoms with Crippen LogP contribution in [0.15, 0.2) is 23.1 Å². The Morgan fingerprint density at radius 3 is 2.64 bits per heavy atom. The van der Waals surface area contributed by atoms with Crippen molar-refractivity contribution in [3.05, 3.63) is 39.6 Å². The van der Waals surface area contributed by atoms with E-state index < -0.39 is 27.3 Å². The van der Waals surface area contributed by atoms with Crippen molar-refractivity contribution >= 4 is 27.3 Å². The number of sulfonamides is 1. The third kappa shape index (κ3) is 3.84. The molecule has 2 rings (SSSR count). The molecule has 0 spiro atoms. The number of rotatable bonds is 5. The van der Waals surface area contributed by atoms with Gasteiger partial charge in [-0.25, -0.2) is 17.9 Å². The van der Waals surface area contributed by atoms with Crippen LogP contribution >= 0.6 is 11.3 Å². The summed E-state index contributed by atoms with van der Waals surface area (Å²) in [5.74, 6) is -1.59. The van der Waals surface area contributed by atoms with E-state index in [-0.39, 0.29) is 11.4 Å². The zero-order valence-corrected chi connectivity index (χ0v) is 13.2. The second kappa shape index (κ2) is 6.46. The van der Waals surface area contributed by atoms with Crippen LogP contribution in [0.2, 0.25) is 0 Å². The van der Waals surface area contributed by atoms with Crippen LogP contribution in [0, 0.1) is 5.82 Å². The third-order valence-corrected chi connectivity index (χ3v) is 4.70. The van der Waals surface area contributed by atoms with E-state index in [0.717, 1.165) is 29.6 Å². The summed E-state index contributed by atoms with van der Waals surface area (Å²) in [5.41, 5.74) is -0.397. The van der Waals surface area contributed by atoms with E-state index in [1.807, 2.05) is 6.92 Å². The number of hydrogen-bond acceptors (Lipinski definition) is 6. The zero-order chi connectivity index (χ0) is 16.3. The summed E-state index contributed by atoms with van der Waals surface area (Å²) in [6, 6.07) is 2.78. The van der Waals surface area contributed by atoms with Crippen molar-refractivity contribution in [1.29, 1.82) is 0 Å². The molecular formula is C12H13FN4O3S2. The Kier molecular flexibility index (Phi) is 4.84. The molecule has 0 saturated heterocycles. The first-order valence-electron chi connectivity index (χ1n) is 6.23. The molecule has 118 valence electrons. The standard InChI is InChI=1S/C12H13FN4O3S2/c1-2-10-16-17-11(21-10)6-15-12(18)8-5-7(22(14,19)20)3-4-9(8)13/h3-5H,2,6H2,1H3,(H,15,18)(H2,14,19,20). The van der Waals surface area contributed by atoms with Crippen LogP contribution in [0.4, 0.5) is 4.39 Å². The normalized spacial score (nSPS) is 11.4. The predicted molar refractivity (Wildman–Crippen MR) is 78.2 cm³/mol. The number of nitrogens with one attached hydrogen (secondary N) is 1. The van der Waals surface area contributed by atoms with Crippen LogP contribution in [0.5, 0.6) is 0 Å². The van der Waals surface area contributed by atoms with Gasteiger partial charge in [-0.2, -0.15) is 0 Å². The van der Waals surface area contributed by atoms with Gasteiger partial charge in [0.1, 0.15) is 15.8 Å². The molecule has 7 nitrogen and oxygen atoms in total. The molecule has 2 aromatic rings. The largest absolute Gasteiger partial charge is 0.345 e. The highest BCUT2D eigenvalue weighted by molar-refractivity contribution is 7.89. The van der Waals surface area contributed by atoms with Gasteiger partial charge >= 0.3 is 0 Å². The number of aromatic nitrogens is 2. The highest BCUT2D eigenvalue weighted by Crippen LogP contribution is 2.15. The Balaban J connectivity index is 2.15. The van der Waals surface area contributed by atoms with Crippen molar-refractivity contribution < 1.29 is 17.6 Å². The molecule has 0 saturated carbocycles. The smallest absolute Gasteiger partial charge is 0.254 e. The number of carbonyl (C=O) groups excluding carboxylic acids is 1. The average molecular weight is 344 g/mol. The Bertz CT molecular complexity index is 804. The lowest BCUT2D eigenvalue weighted by molar-refractivity contribution is 0.0946. The molecule has 0 bridgehead atoms. The number of halogens is 1. The molecule has 0 aliphatic carbocycles. The first-order chi connectivity index (χ1) is 10.3. The summed E-state index contributed by atoms with van der Waals surface area (Å²) in [7, 11) is -4.01. The highest BCUT2D eigenvalue weighted by Gasteiger charge is 2.17. The summed E-state index contributed by atoms with van der Waals surface area (Å²) in [4.78, 5) is 11.6. The number of hydrogen-bond donors (Lipinski definition) is 2. The van der Waals surface area contributed by atoms with Crippen LogP contribution in [0.3, 0.4) is 0 Å². The van der Waals surface area contributed by atoms with Crippen molar-refractivity contribution in [3.8, 4) is 0 Å². The van der Waals surface area contributed by atoms with Crippen LogP contribution in [-0.2, 0) is 23.0 Å². The lowest BCUT2D eigenvalue weighted by atomic mass is 10.2. The maximum Gasteiger partial charge on any atom is 0.254 e. The van der Waals surface area contributed by atoms with Gasteiger partial charge in [-0.3, -0.25) is 4.79 Å². The lowest BCUT2D eigenvalue weighted by Gasteiger charge is -2.06. The Hall–Kier alpha value is -1.91. The van der Waals surface area contributed by atoms with Crippen molar-refractivity contribution in [2.75, 3.05) is 0 Å². The van der Waals surface area contributed by atoms with E-state index in [1.54, 1.807) is 0 Å². The molecule has 0 aliphatic heterocycles. The molecule has 3 N–H and O–H groups in total. The van der Waals surface area contributed by atoms with Crippen molar-refractivity contribution in [2.45, 2.75) is 24.8 Å². The van der Waals surface area contributed by atoms with Gasteiger partial charge in [-0.1, -0.05) is 18.3 Å². The van der Waals surface area contributed by atoms with Gasteiger partial charge in [0, 0.05) is 0 Å². The number of nitrogens with zero attached hydrogens (tertiary/aromatic N) is 2. The number of aryl methyl sites for hydroxylation is 1. The maximum atomic E-state index is 13.7. The maximum absolute atomic E-state index is 13.7. The topological polar surface area (TPSA) is 115 Å². The molecule has 0 unspecified atom stereocenters. The molecule has 10 heteroatoms. The van der Waals surface area contributed by atoms with Gasteiger partial charge in [0.15, 0.2) is 0 Å². The molecule has 22 heavy (non-hydrogen) atoms. The van der Waals surface area contributed by atoms with Crippen molar-refractivity contribution in [2.24, 2.45) is 5.14 Å². The summed E-state index contributed by atoms with van der Waals surface area (Å²) in [6.07, 6.45) is 0.733. The van der Waals surface area contributed by atoms with E-state index in [4.69, 9.17) is 5.14 Å². The quantitative estimate of drug-likeness (QED) is 0.833. The van der Waals surface area contributed by atoms with Crippen molar-refractivity contribution in [3.63, 3.8) is 0 Å². The van der Waals surface area contributed by atoms with Crippen LogP contribution in [-0.4, -0.2) is 24.5 Å². The predicted octanol–water partition coefficient (Wildman–Crippen LogP) is 0.817. The van der Waals surface area contributed by atoms with Crippen LogP contribution < -0.4 is 10.5 Å². The Morgan fingerprint density at radius 1 is 1.36 bits per heavy atom. The molecule has 0 aliphatic rings. The van der Waals surface area contributed by atoms with Gasteiger partial charge in [0.2, 0.25) is 10.0 Å². The fourth-order valence-corrected chi connectivity index (χ4v) is 2.87. The van der Waals surface area contributed by atoms with Crippen LogP contribution in [0.25, 0.3) is 0 Å². The highest BCUT2D eigenvalue weighted by atomic mass is 32.2. The molecule has 1 aromatic heterocycles. The van der Waals surface area contributed by atoms with E-state index >= 15 is 0 Å². The second-order valence-electron chi connectivity index (χ2n) is 4.31. The first kappa shape index (κ1) is 16.5.